The maximum atomic E-state index is 12.9. The van der Waals surface area contributed by atoms with Crippen molar-refractivity contribution in [3.05, 3.63) is 60.0 Å². The van der Waals surface area contributed by atoms with Crippen LogP contribution in [0.15, 0.2) is 48.5 Å². The van der Waals surface area contributed by atoms with Gasteiger partial charge in [0.25, 0.3) is 0 Å². The molecule has 1 aromatic heterocycles. The van der Waals surface area contributed by atoms with Gasteiger partial charge in [0.1, 0.15) is 11.6 Å². The summed E-state index contributed by atoms with van der Waals surface area (Å²) in [4.78, 5) is 4.50. The molecule has 0 radical (unpaired) electrons. The lowest BCUT2D eigenvalue weighted by Crippen LogP contribution is -1.98. The summed E-state index contributed by atoms with van der Waals surface area (Å²) < 4.78 is 12.9. The van der Waals surface area contributed by atoms with Crippen molar-refractivity contribution in [2.45, 2.75) is 6.92 Å². The number of aryl methyl sites for hydroxylation is 1. The van der Waals surface area contributed by atoms with E-state index in [1.165, 1.54) is 12.1 Å². The van der Waals surface area contributed by atoms with E-state index in [0.717, 1.165) is 33.7 Å². The fourth-order valence-electron chi connectivity index (χ4n) is 2.19. The highest BCUT2D eigenvalue weighted by molar-refractivity contribution is 6.00. The maximum Gasteiger partial charge on any atom is 0.138 e. The Labute approximate surface area is 116 Å². The fourth-order valence-corrected chi connectivity index (χ4v) is 2.19. The molecule has 0 spiro atoms. The van der Waals surface area contributed by atoms with Crippen molar-refractivity contribution in [2.24, 2.45) is 0 Å². The lowest BCUT2D eigenvalue weighted by molar-refractivity contribution is 0.628. The van der Waals surface area contributed by atoms with Crippen molar-refractivity contribution >= 4 is 28.0 Å². The normalized spacial score (nSPS) is 10.7. The summed E-state index contributed by atoms with van der Waals surface area (Å²) in [6.45, 7) is 1.92. The van der Waals surface area contributed by atoms with Crippen LogP contribution in [0, 0.1) is 12.7 Å². The van der Waals surface area contributed by atoms with Gasteiger partial charge in [0.2, 0.25) is 0 Å². The Bertz CT molecular complexity index is 767. The molecule has 100 valence electrons. The minimum absolute atomic E-state index is 0.262. The first kappa shape index (κ1) is 12.4. The van der Waals surface area contributed by atoms with E-state index in [4.69, 9.17) is 5.73 Å². The van der Waals surface area contributed by atoms with Crippen molar-refractivity contribution in [3.8, 4) is 0 Å². The third kappa shape index (κ3) is 2.28. The van der Waals surface area contributed by atoms with Gasteiger partial charge in [-0.25, -0.2) is 9.37 Å². The van der Waals surface area contributed by atoms with Crippen LogP contribution >= 0.6 is 0 Å². The molecule has 0 aliphatic carbocycles. The molecule has 0 saturated heterocycles. The molecule has 3 aromatic rings. The van der Waals surface area contributed by atoms with Crippen LogP contribution in [-0.4, -0.2) is 4.98 Å². The monoisotopic (exact) mass is 267 g/mol. The number of halogens is 1. The number of benzene rings is 2. The summed E-state index contributed by atoms with van der Waals surface area (Å²) in [5, 5.41) is 5.12. The van der Waals surface area contributed by atoms with Gasteiger partial charge in [-0.1, -0.05) is 12.1 Å². The topological polar surface area (TPSA) is 50.9 Å². The quantitative estimate of drug-likeness (QED) is 0.690. The predicted molar refractivity (Wildman–Crippen MR) is 80.6 cm³/mol. The van der Waals surface area contributed by atoms with Gasteiger partial charge >= 0.3 is 0 Å². The average Bonchev–Trinajstić information content (AvgIpc) is 2.42. The Morgan fingerprint density at radius 3 is 2.55 bits per heavy atom. The molecule has 4 heteroatoms. The molecule has 3 nitrogen and oxygen atoms in total. The number of anilines is 3. The van der Waals surface area contributed by atoms with Crippen LogP contribution in [0.5, 0.6) is 0 Å². The van der Waals surface area contributed by atoms with E-state index in [9.17, 15) is 4.39 Å². The van der Waals surface area contributed by atoms with Crippen LogP contribution in [0.4, 0.5) is 21.6 Å². The Kier molecular flexibility index (Phi) is 2.99. The van der Waals surface area contributed by atoms with Crippen LogP contribution in [-0.2, 0) is 0 Å². The van der Waals surface area contributed by atoms with Gasteiger partial charge in [-0.05, 0) is 43.3 Å². The zero-order chi connectivity index (χ0) is 14.1. The Balaban J connectivity index is 2.11. The van der Waals surface area contributed by atoms with E-state index < -0.39 is 0 Å². The zero-order valence-electron chi connectivity index (χ0n) is 11.0. The van der Waals surface area contributed by atoms with Gasteiger partial charge in [0.15, 0.2) is 0 Å². The Hall–Kier alpha value is -2.62. The third-order valence-corrected chi connectivity index (χ3v) is 3.14. The van der Waals surface area contributed by atoms with E-state index >= 15 is 0 Å². The lowest BCUT2D eigenvalue weighted by atomic mass is 10.1. The minimum atomic E-state index is -0.262. The van der Waals surface area contributed by atoms with Gasteiger partial charge in [0.05, 0.1) is 0 Å². The van der Waals surface area contributed by atoms with Crippen LogP contribution < -0.4 is 11.1 Å². The standard InChI is InChI=1S/C16H14FN3/c1-10-9-14-13(3-2-4-15(14)18)16(19-10)20-12-7-5-11(17)6-8-12/h2-9H,18H2,1H3,(H,19,20). The number of hydrogen-bond donors (Lipinski definition) is 2. The smallest absolute Gasteiger partial charge is 0.138 e. The molecule has 0 atom stereocenters. The zero-order valence-corrected chi connectivity index (χ0v) is 11.0. The van der Waals surface area contributed by atoms with Crippen molar-refractivity contribution in [2.75, 3.05) is 11.1 Å². The van der Waals surface area contributed by atoms with Gasteiger partial charge in [-0.15, -0.1) is 0 Å². The Morgan fingerprint density at radius 1 is 1.05 bits per heavy atom. The molecule has 0 fully saturated rings. The van der Waals surface area contributed by atoms with Gasteiger partial charge in [0, 0.05) is 27.8 Å². The largest absolute Gasteiger partial charge is 0.398 e. The van der Waals surface area contributed by atoms with Crippen molar-refractivity contribution in [1.29, 1.82) is 0 Å². The molecule has 0 amide bonds. The van der Waals surface area contributed by atoms with E-state index in [2.05, 4.69) is 10.3 Å². The van der Waals surface area contributed by atoms with Crippen LogP contribution in [0.2, 0.25) is 0 Å². The highest BCUT2D eigenvalue weighted by Gasteiger charge is 2.07. The summed E-state index contributed by atoms with van der Waals surface area (Å²) in [6, 6.07) is 13.9. The number of nitrogen functional groups attached to an aromatic ring is 1. The number of rotatable bonds is 2. The first-order valence-electron chi connectivity index (χ1n) is 6.32. The molecule has 0 saturated carbocycles. The number of nitrogens with one attached hydrogen (secondary N) is 1. The number of nitrogens with zero attached hydrogens (tertiary/aromatic N) is 1. The summed E-state index contributed by atoms with van der Waals surface area (Å²) >= 11 is 0. The molecule has 20 heavy (non-hydrogen) atoms. The molecular weight excluding hydrogens is 253 g/mol. The summed E-state index contributed by atoms with van der Waals surface area (Å²) in [6.07, 6.45) is 0. The number of hydrogen-bond acceptors (Lipinski definition) is 3. The fraction of sp³-hybridized carbons (Fsp3) is 0.0625. The summed E-state index contributed by atoms with van der Waals surface area (Å²) in [7, 11) is 0. The highest BCUT2D eigenvalue weighted by Crippen LogP contribution is 2.29. The molecule has 3 N–H and O–H groups in total. The van der Waals surface area contributed by atoms with Crippen LogP contribution in [0.1, 0.15) is 5.69 Å². The first-order valence-corrected chi connectivity index (χ1v) is 6.32. The predicted octanol–water partition coefficient (Wildman–Crippen LogP) is 4.01. The van der Waals surface area contributed by atoms with Gasteiger partial charge in [-0.2, -0.15) is 0 Å². The summed E-state index contributed by atoms with van der Waals surface area (Å²) in [5.41, 5.74) is 8.38. The maximum absolute atomic E-state index is 12.9. The lowest BCUT2D eigenvalue weighted by Gasteiger charge is -2.11. The first-order chi connectivity index (χ1) is 9.63. The minimum Gasteiger partial charge on any atom is -0.398 e. The molecular formula is C16H14FN3. The van der Waals surface area contributed by atoms with Crippen molar-refractivity contribution in [1.82, 2.24) is 4.98 Å². The summed E-state index contributed by atoms with van der Waals surface area (Å²) in [5.74, 6) is 0.459. The molecule has 2 aromatic carbocycles. The molecule has 1 heterocycles. The second-order valence-electron chi connectivity index (χ2n) is 4.69. The van der Waals surface area contributed by atoms with E-state index in [1.54, 1.807) is 12.1 Å². The van der Waals surface area contributed by atoms with Crippen molar-refractivity contribution < 1.29 is 4.39 Å². The molecule has 0 bridgehead atoms. The van der Waals surface area contributed by atoms with Crippen molar-refractivity contribution in [3.63, 3.8) is 0 Å². The van der Waals surface area contributed by atoms with Crippen LogP contribution in [0.25, 0.3) is 10.8 Å². The van der Waals surface area contributed by atoms with E-state index in [-0.39, 0.29) is 5.82 Å². The average molecular weight is 267 g/mol. The second kappa shape index (κ2) is 4.81. The van der Waals surface area contributed by atoms with Gasteiger partial charge < -0.3 is 11.1 Å². The molecule has 3 rings (SSSR count). The number of fused-ring (bicyclic) bond motifs is 1. The molecule has 0 aliphatic heterocycles. The number of pyridine rings is 1. The SMILES string of the molecule is Cc1cc2c(N)cccc2c(Nc2ccc(F)cc2)n1. The van der Waals surface area contributed by atoms with Crippen LogP contribution in [0.3, 0.4) is 0 Å². The van der Waals surface area contributed by atoms with E-state index in [1.807, 2.05) is 31.2 Å². The second-order valence-corrected chi connectivity index (χ2v) is 4.69. The highest BCUT2D eigenvalue weighted by atomic mass is 19.1. The molecule has 0 unspecified atom stereocenters. The third-order valence-electron chi connectivity index (χ3n) is 3.14. The number of nitrogens with two attached hydrogens (primary N) is 1. The van der Waals surface area contributed by atoms with E-state index in [0.29, 0.717) is 0 Å². The Morgan fingerprint density at radius 2 is 1.80 bits per heavy atom. The number of aromatic nitrogens is 1. The van der Waals surface area contributed by atoms with Gasteiger partial charge in [-0.3, -0.25) is 0 Å². The molecule has 0 aliphatic rings.